The highest BCUT2D eigenvalue weighted by atomic mass is 16.3. The molecule has 3 heteroatoms. The quantitative estimate of drug-likeness (QED) is 0.132. The molecule has 0 aliphatic rings. The Balaban J connectivity index is 1.11. The Morgan fingerprint density at radius 1 is 0.357 bits per heavy atom. The molecule has 0 N–H and O–H groups in total. The molecule has 0 saturated heterocycles. The largest absolute Gasteiger partial charge is 0.455 e. The van der Waals surface area contributed by atoms with Crippen LogP contribution < -0.4 is 0 Å². The van der Waals surface area contributed by atoms with Crippen LogP contribution in [0.15, 0.2) is 186 Å². The summed E-state index contributed by atoms with van der Waals surface area (Å²) < 4.78 is 9.05. The van der Waals surface area contributed by atoms with Crippen LogP contribution in [0.1, 0.15) is 0 Å². The maximum Gasteiger partial charge on any atom is 0.146 e. The molecule has 258 valence electrons. The van der Waals surface area contributed by atoms with Crippen molar-refractivity contribution in [1.82, 2.24) is 9.38 Å². The van der Waals surface area contributed by atoms with Crippen molar-refractivity contribution in [3.8, 4) is 22.3 Å². The molecule has 0 aliphatic carbocycles. The molecule has 0 saturated carbocycles. The standard InChI is InChI=1S/C53H30N2O/c1-4-16-36-33(13-1)34-14-2-9-21-41(34)52-51(36)44-30-32(26-28-48(44)56-52)50-39-19-7-5-17-37(39)49(38-18-6-8-20-40(38)50)31-25-27-46-43(29-31)35-15-3-10-22-42(35)53-54-45-23-11-12-24-47(45)55(46)53/h1-30H. The number of para-hydroxylation sites is 2. The van der Waals surface area contributed by atoms with E-state index in [2.05, 4.69) is 186 Å². The summed E-state index contributed by atoms with van der Waals surface area (Å²) in [5.74, 6) is 0. The topological polar surface area (TPSA) is 30.4 Å². The number of rotatable bonds is 2. The van der Waals surface area contributed by atoms with E-state index in [-0.39, 0.29) is 0 Å². The van der Waals surface area contributed by atoms with Crippen LogP contribution in [-0.2, 0) is 0 Å². The number of hydrogen-bond donors (Lipinski definition) is 0. The molecule has 3 heterocycles. The van der Waals surface area contributed by atoms with E-state index in [9.17, 15) is 0 Å². The number of furan rings is 1. The fourth-order valence-electron chi connectivity index (χ4n) is 9.78. The van der Waals surface area contributed by atoms with Gasteiger partial charge in [0.05, 0.1) is 16.6 Å². The number of imidazole rings is 1. The molecule has 0 fully saturated rings. The Hall–Kier alpha value is -7.49. The lowest BCUT2D eigenvalue weighted by atomic mass is 9.85. The molecule has 0 aliphatic heterocycles. The minimum atomic E-state index is 0.902. The highest BCUT2D eigenvalue weighted by molar-refractivity contribution is 6.31. The van der Waals surface area contributed by atoms with E-state index in [1.54, 1.807) is 0 Å². The molecule has 3 nitrogen and oxygen atoms in total. The van der Waals surface area contributed by atoms with Crippen molar-refractivity contribution in [3.05, 3.63) is 182 Å². The molecule has 0 spiro atoms. The molecule has 3 aromatic heterocycles. The van der Waals surface area contributed by atoms with E-state index in [1.807, 2.05) is 0 Å². The summed E-state index contributed by atoms with van der Waals surface area (Å²) in [7, 11) is 0. The molecule has 0 radical (unpaired) electrons. The Kier molecular flexibility index (Phi) is 5.89. The molecule has 0 unspecified atom stereocenters. The third-order valence-corrected chi connectivity index (χ3v) is 12.1. The zero-order valence-corrected chi connectivity index (χ0v) is 30.1. The van der Waals surface area contributed by atoms with Crippen LogP contribution in [0.5, 0.6) is 0 Å². The fourth-order valence-corrected chi connectivity index (χ4v) is 9.78. The SMILES string of the molecule is c1ccc2c(c1)nc1c3ccccc3c3cc(-c4c5ccccc5c(-c5ccc6oc7c8ccccc8c8ccccc8c7c6c5)c5ccccc45)ccc3n21. The second kappa shape index (κ2) is 11.0. The Bertz CT molecular complexity index is 3770. The number of aromatic nitrogens is 2. The normalized spacial score (nSPS) is 12.3. The lowest BCUT2D eigenvalue weighted by Crippen LogP contribution is -1.94. The number of fused-ring (bicyclic) bond motifs is 18. The summed E-state index contributed by atoms with van der Waals surface area (Å²) in [5.41, 5.74) is 11.0. The highest BCUT2D eigenvalue weighted by Gasteiger charge is 2.21. The van der Waals surface area contributed by atoms with Crippen molar-refractivity contribution in [2.75, 3.05) is 0 Å². The first-order valence-corrected chi connectivity index (χ1v) is 19.2. The molecule has 0 amide bonds. The highest BCUT2D eigenvalue weighted by Crippen LogP contribution is 2.47. The zero-order valence-electron chi connectivity index (χ0n) is 30.1. The van der Waals surface area contributed by atoms with Gasteiger partial charge in [-0.05, 0) is 102 Å². The van der Waals surface area contributed by atoms with E-state index in [0.29, 0.717) is 0 Å². The molecular formula is C53H30N2O. The second-order valence-corrected chi connectivity index (χ2v) is 15.0. The fraction of sp³-hybridized carbons (Fsp3) is 0. The number of hydrogen-bond acceptors (Lipinski definition) is 2. The smallest absolute Gasteiger partial charge is 0.146 e. The Morgan fingerprint density at radius 3 is 1.50 bits per heavy atom. The van der Waals surface area contributed by atoms with Crippen molar-refractivity contribution in [2.24, 2.45) is 0 Å². The van der Waals surface area contributed by atoms with Gasteiger partial charge in [-0.3, -0.25) is 4.40 Å². The predicted molar refractivity (Wildman–Crippen MR) is 236 cm³/mol. The average Bonchev–Trinajstić information content (AvgIpc) is 3.85. The van der Waals surface area contributed by atoms with Crippen LogP contribution in [0.3, 0.4) is 0 Å². The Morgan fingerprint density at radius 2 is 0.839 bits per heavy atom. The van der Waals surface area contributed by atoms with Crippen molar-refractivity contribution in [3.63, 3.8) is 0 Å². The van der Waals surface area contributed by atoms with E-state index in [1.165, 1.54) is 76.1 Å². The monoisotopic (exact) mass is 710 g/mol. The number of pyridine rings is 1. The summed E-state index contributed by atoms with van der Waals surface area (Å²) in [5, 5.41) is 15.6. The summed E-state index contributed by atoms with van der Waals surface area (Å²) in [6.07, 6.45) is 0. The van der Waals surface area contributed by atoms with Gasteiger partial charge in [0, 0.05) is 26.9 Å². The summed E-state index contributed by atoms with van der Waals surface area (Å²) in [6.45, 7) is 0. The summed E-state index contributed by atoms with van der Waals surface area (Å²) >= 11 is 0. The van der Waals surface area contributed by atoms with Gasteiger partial charge >= 0.3 is 0 Å². The molecule has 10 aromatic carbocycles. The maximum atomic E-state index is 6.72. The first-order chi connectivity index (χ1) is 27.8. The van der Waals surface area contributed by atoms with Gasteiger partial charge in [0.15, 0.2) is 0 Å². The van der Waals surface area contributed by atoms with Gasteiger partial charge in [0.25, 0.3) is 0 Å². The third kappa shape index (κ3) is 3.93. The van der Waals surface area contributed by atoms with Crippen molar-refractivity contribution in [2.45, 2.75) is 0 Å². The Labute approximate surface area is 320 Å². The van der Waals surface area contributed by atoms with Gasteiger partial charge in [-0.2, -0.15) is 0 Å². The third-order valence-electron chi connectivity index (χ3n) is 12.1. The van der Waals surface area contributed by atoms with E-state index in [0.717, 1.165) is 49.5 Å². The molecule has 0 atom stereocenters. The van der Waals surface area contributed by atoms with E-state index >= 15 is 0 Å². The first-order valence-electron chi connectivity index (χ1n) is 19.2. The molecule has 56 heavy (non-hydrogen) atoms. The van der Waals surface area contributed by atoms with Crippen molar-refractivity contribution >= 4 is 103 Å². The minimum Gasteiger partial charge on any atom is -0.455 e. The van der Waals surface area contributed by atoms with Crippen molar-refractivity contribution in [1.29, 1.82) is 0 Å². The predicted octanol–water partition coefficient (Wildman–Crippen LogP) is 14.6. The van der Waals surface area contributed by atoms with Gasteiger partial charge in [-0.1, -0.05) is 146 Å². The number of benzene rings is 10. The second-order valence-electron chi connectivity index (χ2n) is 15.0. The molecule has 13 rings (SSSR count). The van der Waals surface area contributed by atoms with E-state index < -0.39 is 0 Å². The minimum absolute atomic E-state index is 0.902. The lowest BCUT2D eigenvalue weighted by molar-refractivity contribution is 0.673. The van der Waals surface area contributed by atoms with Crippen LogP contribution in [0.2, 0.25) is 0 Å². The maximum absolute atomic E-state index is 6.72. The van der Waals surface area contributed by atoms with Gasteiger partial charge in [0.2, 0.25) is 0 Å². The van der Waals surface area contributed by atoms with Crippen LogP contribution in [0.25, 0.3) is 126 Å². The summed E-state index contributed by atoms with van der Waals surface area (Å²) in [4.78, 5) is 5.11. The van der Waals surface area contributed by atoms with Crippen molar-refractivity contribution < 1.29 is 4.42 Å². The van der Waals surface area contributed by atoms with Crippen LogP contribution >= 0.6 is 0 Å². The average molecular weight is 711 g/mol. The van der Waals surface area contributed by atoms with Crippen LogP contribution in [0.4, 0.5) is 0 Å². The van der Waals surface area contributed by atoms with E-state index in [4.69, 9.17) is 9.40 Å². The van der Waals surface area contributed by atoms with Gasteiger partial charge in [-0.15, -0.1) is 0 Å². The number of nitrogens with zero attached hydrogens (tertiary/aromatic N) is 2. The lowest BCUT2D eigenvalue weighted by Gasteiger charge is -2.18. The molecule has 13 aromatic rings. The molecular weight excluding hydrogens is 681 g/mol. The van der Waals surface area contributed by atoms with Crippen LogP contribution in [-0.4, -0.2) is 9.38 Å². The van der Waals surface area contributed by atoms with Gasteiger partial charge in [0.1, 0.15) is 16.8 Å². The zero-order chi connectivity index (χ0) is 36.5. The van der Waals surface area contributed by atoms with Gasteiger partial charge < -0.3 is 4.42 Å². The van der Waals surface area contributed by atoms with Crippen LogP contribution in [0, 0.1) is 0 Å². The molecule has 0 bridgehead atoms. The summed E-state index contributed by atoms with van der Waals surface area (Å²) in [6, 6.07) is 66.1. The van der Waals surface area contributed by atoms with Gasteiger partial charge in [-0.25, -0.2) is 4.98 Å². The first kappa shape index (κ1) is 29.9.